The fourth-order valence-electron chi connectivity index (χ4n) is 1.80. The summed E-state index contributed by atoms with van der Waals surface area (Å²) < 4.78 is 5.96. The molecule has 0 amide bonds. The van der Waals surface area contributed by atoms with Crippen LogP contribution in [0.1, 0.15) is 6.92 Å². The summed E-state index contributed by atoms with van der Waals surface area (Å²) in [6, 6.07) is 10.5. The number of carbonyl (C=O) groups excluding carboxylic acids is 1. The SMILES string of the molecule is CNC(C)[C-](I)C(=O)Oc1cc(O)cc2ccccc12.[Rh]. The zero-order valence-electron chi connectivity index (χ0n) is 11.5. The first kappa shape index (κ1) is 18.2. The molecular weight excluding hydrogens is 472 g/mol. The maximum Gasteiger partial charge on any atom is 0.188 e. The standard InChI is InChI=1S/C15H15INO3.Rh/c1-9(17-2)14(16)15(19)20-13-8-11(18)7-10-5-3-4-6-12(10)13;/h3-9,17-18H,1-2H3;/q-1;. The number of fused-ring (bicyclic) bond motifs is 1. The minimum atomic E-state index is -0.414. The Balaban J connectivity index is 0.00000220. The summed E-state index contributed by atoms with van der Waals surface area (Å²) >= 11 is 1.97. The molecule has 21 heavy (non-hydrogen) atoms. The van der Waals surface area contributed by atoms with Crippen LogP contribution in [0.3, 0.4) is 0 Å². The van der Waals surface area contributed by atoms with Crippen LogP contribution in [0.25, 0.3) is 10.8 Å². The third-order valence-electron chi connectivity index (χ3n) is 3.02. The smallest absolute Gasteiger partial charge is 0.188 e. The first-order chi connectivity index (χ1) is 9.52. The van der Waals surface area contributed by atoms with Gasteiger partial charge in [-0.25, -0.2) is 0 Å². The molecule has 0 spiro atoms. The van der Waals surface area contributed by atoms with Gasteiger partial charge in [-0.2, -0.15) is 3.92 Å². The topological polar surface area (TPSA) is 58.6 Å². The predicted octanol–water partition coefficient (Wildman–Crippen LogP) is 3.02. The van der Waals surface area contributed by atoms with E-state index in [1.165, 1.54) is 6.07 Å². The number of phenolic OH excluding ortho intramolecular Hbond substituents is 1. The van der Waals surface area contributed by atoms with Gasteiger partial charge in [0, 0.05) is 30.9 Å². The van der Waals surface area contributed by atoms with Crippen LogP contribution in [0.2, 0.25) is 0 Å². The molecule has 0 bridgehead atoms. The molecule has 2 aromatic rings. The quantitative estimate of drug-likeness (QED) is 0.229. The summed E-state index contributed by atoms with van der Waals surface area (Å²) in [7, 11) is 1.78. The van der Waals surface area contributed by atoms with Crippen molar-refractivity contribution >= 4 is 39.3 Å². The third-order valence-corrected chi connectivity index (χ3v) is 4.39. The number of benzene rings is 2. The van der Waals surface area contributed by atoms with Crippen molar-refractivity contribution < 1.29 is 34.1 Å². The maximum absolute atomic E-state index is 12.1. The fourth-order valence-corrected chi connectivity index (χ4v) is 2.22. The van der Waals surface area contributed by atoms with Crippen LogP contribution in [-0.4, -0.2) is 24.2 Å². The van der Waals surface area contributed by atoms with Crippen LogP contribution in [0.5, 0.6) is 11.5 Å². The molecule has 0 aliphatic heterocycles. The van der Waals surface area contributed by atoms with Crippen molar-refractivity contribution in [3.8, 4) is 11.5 Å². The first-order valence-electron chi connectivity index (χ1n) is 6.16. The van der Waals surface area contributed by atoms with E-state index in [1.54, 1.807) is 13.1 Å². The van der Waals surface area contributed by atoms with Crippen molar-refractivity contribution in [1.82, 2.24) is 5.32 Å². The summed E-state index contributed by atoms with van der Waals surface area (Å²) in [5.74, 6) is 0.0226. The van der Waals surface area contributed by atoms with Crippen molar-refractivity contribution in [3.05, 3.63) is 40.3 Å². The van der Waals surface area contributed by atoms with Gasteiger partial charge in [0.2, 0.25) is 0 Å². The second-order valence-corrected chi connectivity index (χ2v) is 5.58. The summed E-state index contributed by atoms with van der Waals surface area (Å²) in [6.07, 6.45) is 0. The second kappa shape index (κ2) is 7.96. The van der Waals surface area contributed by atoms with E-state index >= 15 is 0 Å². The van der Waals surface area contributed by atoms with E-state index in [-0.39, 0.29) is 31.3 Å². The van der Waals surface area contributed by atoms with E-state index in [0.717, 1.165) is 10.8 Å². The van der Waals surface area contributed by atoms with Gasteiger partial charge in [0.1, 0.15) is 11.5 Å². The van der Waals surface area contributed by atoms with Gasteiger partial charge in [-0.3, -0.25) is 27.4 Å². The average Bonchev–Trinajstić information content (AvgIpc) is 2.45. The Kier molecular flexibility index (Phi) is 6.90. The Labute approximate surface area is 150 Å². The number of nitrogens with one attached hydrogen (secondary N) is 1. The minimum absolute atomic E-state index is 0. The van der Waals surface area contributed by atoms with Gasteiger partial charge in [-0.15, -0.1) is 0 Å². The predicted molar refractivity (Wildman–Crippen MR) is 87.0 cm³/mol. The van der Waals surface area contributed by atoms with Gasteiger partial charge in [-0.1, -0.05) is 37.2 Å². The van der Waals surface area contributed by atoms with Gasteiger partial charge in [0.15, 0.2) is 5.97 Å². The van der Waals surface area contributed by atoms with E-state index < -0.39 is 5.97 Å². The molecule has 0 heterocycles. The summed E-state index contributed by atoms with van der Waals surface area (Å²) in [6.45, 7) is 1.88. The Morgan fingerprint density at radius 2 is 2.05 bits per heavy atom. The van der Waals surface area contributed by atoms with E-state index in [2.05, 4.69) is 5.32 Å². The molecule has 1 unspecified atom stereocenters. The molecule has 0 aliphatic carbocycles. The summed E-state index contributed by atoms with van der Waals surface area (Å²) in [5.41, 5.74) is 0. The number of phenols is 1. The van der Waals surface area contributed by atoms with Crippen LogP contribution < -0.4 is 10.1 Å². The minimum Gasteiger partial charge on any atom is -0.508 e. The Bertz CT molecular complexity index is 635. The number of esters is 1. The molecular formula is C15H15INO3Rh-. The molecule has 6 heteroatoms. The van der Waals surface area contributed by atoms with E-state index in [0.29, 0.717) is 9.67 Å². The Morgan fingerprint density at radius 3 is 2.71 bits per heavy atom. The van der Waals surface area contributed by atoms with Crippen LogP contribution in [0, 0.1) is 3.92 Å². The van der Waals surface area contributed by atoms with Gasteiger partial charge in [-0.05, 0) is 18.5 Å². The third kappa shape index (κ3) is 4.31. The number of halogens is 1. The van der Waals surface area contributed by atoms with Crippen molar-refractivity contribution in [1.29, 1.82) is 0 Å². The Morgan fingerprint density at radius 1 is 1.38 bits per heavy atom. The van der Waals surface area contributed by atoms with Crippen LogP contribution in [-0.2, 0) is 24.3 Å². The zero-order chi connectivity index (χ0) is 14.7. The monoisotopic (exact) mass is 487 g/mol. The average molecular weight is 487 g/mol. The fraction of sp³-hybridized carbons (Fsp3) is 0.200. The van der Waals surface area contributed by atoms with Gasteiger partial charge >= 0.3 is 0 Å². The number of carbonyl (C=O) groups is 1. The molecule has 2 aromatic carbocycles. The van der Waals surface area contributed by atoms with Crippen LogP contribution in [0.15, 0.2) is 36.4 Å². The van der Waals surface area contributed by atoms with Gasteiger partial charge in [0.05, 0.1) is 0 Å². The van der Waals surface area contributed by atoms with Gasteiger partial charge < -0.3 is 15.2 Å². The van der Waals surface area contributed by atoms with Crippen LogP contribution in [0.4, 0.5) is 0 Å². The summed E-state index contributed by atoms with van der Waals surface area (Å²) in [4.78, 5) is 12.1. The zero-order valence-corrected chi connectivity index (χ0v) is 15.3. The van der Waals surface area contributed by atoms with Crippen molar-refractivity contribution in [2.24, 2.45) is 0 Å². The molecule has 0 saturated heterocycles. The molecule has 115 valence electrons. The van der Waals surface area contributed by atoms with Crippen LogP contribution >= 0.6 is 22.6 Å². The number of hydrogen-bond acceptors (Lipinski definition) is 4. The number of hydrogen-bond donors (Lipinski definition) is 2. The normalized spacial score (nSPS) is 11.6. The van der Waals surface area contributed by atoms with Crippen molar-refractivity contribution in [2.75, 3.05) is 7.05 Å². The summed E-state index contributed by atoms with van der Waals surface area (Å²) in [5, 5.41) is 14.3. The largest absolute Gasteiger partial charge is 0.508 e. The molecule has 1 radical (unpaired) electrons. The number of ether oxygens (including phenoxy) is 1. The van der Waals surface area contributed by atoms with Gasteiger partial charge in [0.25, 0.3) is 0 Å². The van der Waals surface area contributed by atoms with Crippen molar-refractivity contribution in [3.63, 3.8) is 0 Å². The van der Waals surface area contributed by atoms with E-state index in [4.69, 9.17) is 4.74 Å². The molecule has 4 nitrogen and oxygen atoms in total. The van der Waals surface area contributed by atoms with E-state index in [9.17, 15) is 9.90 Å². The molecule has 2 N–H and O–H groups in total. The van der Waals surface area contributed by atoms with E-state index in [1.807, 2.05) is 53.8 Å². The Hall–Kier alpha value is -0.847. The molecule has 0 aromatic heterocycles. The molecule has 0 fully saturated rings. The molecule has 0 aliphatic rings. The number of aromatic hydroxyl groups is 1. The number of rotatable bonds is 4. The molecule has 1 atom stereocenters. The maximum atomic E-state index is 12.1. The van der Waals surface area contributed by atoms with Crippen molar-refractivity contribution in [2.45, 2.75) is 13.0 Å². The molecule has 2 rings (SSSR count). The second-order valence-electron chi connectivity index (χ2n) is 4.41. The first-order valence-corrected chi connectivity index (χ1v) is 7.24. The molecule has 0 saturated carbocycles.